The molecule has 15 nitrogen and oxygen atoms in total. The van der Waals surface area contributed by atoms with E-state index in [1.165, 1.54) is 19.1 Å². The average Bonchev–Trinajstić information content (AvgIpc) is 3.67. The minimum atomic E-state index is -1.36. The minimum absolute atomic E-state index is 0.0203. The highest BCUT2D eigenvalue weighted by atomic mass is 16.6. The molecular formula is C42H46N6O9. The number of aromatic nitrogens is 2. The van der Waals surface area contributed by atoms with Gasteiger partial charge in [0.2, 0.25) is 11.6 Å². The molecule has 4 unspecified atom stereocenters. The molecular weight excluding hydrogens is 732 g/mol. The highest BCUT2D eigenvalue weighted by Gasteiger charge is 2.46. The fourth-order valence-electron chi connectivity index (χ4n) is 7.28. The van der Waals surface area contributed by atoms with E-state index in [0.29, 0.717) is 49.4 Å². The highest BCUT2D eigenvalue weighted by molar-refractivity contribution is 5.75. The van der Waals surface area contributed by atoms with E-state index in [1.807, 2.05) is 56.3 Å². The Hall–Kier alpha value is -5.92. The third kappa shape index (κ3) is 9.38. The number of rotatable bonds is 16. The van der Waals surface area contributed by atoms with Gasteiger partial charge in [0.05, 0.1) is 35.3 Å². The van der Waals surface area contributed by atoms with Gasteiger partial charge in [0.1, 0.15) is 30.4 Å². The predicted molar refractivity (Wildman–Crippen MR) is 208 cm³/mol. The third-order valence-corrected chi connectivity index (χ3v) is 10.7. The number of nitro groups is 1. The number of aryl methyl sites for hydroxylation is 1. The molecule has 1 aromatic heterocycles. The Balaban J connectivity index is 1.37. The van der Waals surface area contributed by atoms with Crippen LogP contribution in [-0.2, 0) is 29.9 Å². The number of carboxylic acid groups (broad SMARTS) is 1. The van der Waals surface area contributed by atoms with Crippen LogP contribution < -0.4 is 14.8 Å². The van der Waals surface area contributed by atoms with Crippen molar-refractivity contribution in [3.8, 4) is 17.6 Å². The lowest BCUT2D eigenvalue weighted by Crippen LogP contribution is -2.44. The van der Waals surface area contributed by atoms with Crippen LogP contribution in [0.4, 0.5) is 5.69 Å². The first-order valence-corrected chi connectivity index (χ1v) is 18.8. The number of likely N-dealkylation sites (tertiary alicyclic amines) is 1. The number of aliphatic carboxylic acids is 1. The zero-order valence-electron chi connectivity index (χ0n) is 32.0. The number of nitrogens with one attached hydrogen (secondary N) is 1. The summed E-state index contributed by atoms with van der Waals surface area (Å²) < 4.78 is 18.7. The van der Waals surface area contributed by atoms with Crippen LogP contribution in [0.3, 0.4) is 0 Å². The molecule has 4 aromatic rings. The molecule has 15 heteroatoms. The molecule has 0 amide bonds. The molecule has 2 aliphatic rings. The van der Waals surface area contributed by atoms with E-state index in [4.69, 9.17) is 19.0 Å². The van der Waals surface area contributed by atoms with E-state index in [2.05, 4.69) is 21.4 Å². The smallest absolute Gasteiger partial charge is 0.323 e. The SMILES string of the molecule is Cc1ccccc1C1=CC=CC(COc2cc(OCc3cccc(C#N)c3)c(CNC(C(=O)O)C(C)O)cc2[N+](=O)[O-])(c2nc(CN3CCC(O)CC3)no2)C1C. The van der Waals surface area contributed by atoms with Crippen molar-refractivity contribution in [1.82, 2.24) is 20.4 Å². The molecule has 2 heterocycles. The molecule has 0 spiro atoms. The van der Waals surface area contributed by atoms with Gasteiger partial charge in [-0.15, -0.1) is 0 Å². The van der Waals surface area contributed by atoms with Gasteiger partial charge in [-0.3, -0.25) is 25.1 Å². The number of benzene rings is 3. The monoisotopic (exact) mass is 778 g/mol. The van der Waals surface area contributed by atoms with Crippen molar-refractivity contribution >= 4 is 17.2 Å². The number of aliphatic hydroxyl groups is 2. The van der Waals surface area contributed by atoms with E-state index in [0.717, 1.165) is 16.7 Å². The number of carboxylic acids is 1. The summed E-state index contributed by atoms with van der Waals surface area (Å²) in [6.07, 6.45) is 5.55. The summed E-state index contributed by atoms with van der Waals surface area (Å²) in [5, 5.41) is 58.9. The molecule has 298 valence electrons. The molecule has 3 aromatic carbocycles. The summed E-state index contributed by atoms with van der Waals surface area (Å²) in [4.78, 5) is 30.9. The normalized spacial score (nSPS) is 19.6. The first-order valence-electron chi connectivity index (χ1n) is 18.8. The zero-order chi connectivity index (χ0) is 40.7. The summed E-state index contributed by atoms with van der Waals surface area (Å²) in [6, 6.07) is 18.2. The third-order valence-electron chi connectivity index (χ3n) is 10.7. The number of carbonyl (C=O) groups is 1. The maximum Gasteiger partial charge on any atom is 0.323 e. The zero-order valence-corrected chi connectivity index (χ0v) is 32.0. The number of piperidine rings is 1. The number of hydrogen-bond acceptors (Lipinski definition) is 13. The van der Waals surface area contributed by atoms with Gasteiger partial charge < -0.3 is 29.3 Å². The van der Waals surface area contributed by atoms with Gasteiger partial charge in [-0.1, -0.05) is 66.7 Å². The number of allylic oxidation sites excluding steroid dienone is 3. The molecule has 4 N–H and O–H groups in total. The van der Waals surface area contributed by atoms with E-state index in [-0.39, 0.29) is 54.7 Å². The second-order valence-corrected chi connectivity index (χ2v) is 14.6. The fraction of sp³-hybridized carbons (Fsp3) is 0.381. The van der Waals surface area contributed by atoms with Crippen molar-refractivity contribution in [3.63, 3.8) is 0 Å². The summed E-state index contributed by atoms with van der Waals surface area (Å²) in [7, 11) is 0. The van der Waals surface area contributed by atoms with Gasteiger partial charge >= 0.3 is 11.7 Å². The molecule has 1 saturated heterocycles. The van der Waals surface area contributed by atoms with Crippen LogP contribution in [0, 0.1) is 34.3 Å². The van der Waals surface area contributed by atoms with Crippen LogP contribution in [0.1, 0.15) is 66.2 Å². The summed E-state index contributed by atoms with van der Waals surface area (Å²) in [5.41, 5.74) is 2.89. The van der Waals surface area contributed by atoms with Gasteiger partial charge in [-0.2, -0.15) is 10.2 Å². The van der Waals surface area contributed by atoms with Crippen LogP contribution in [0.15, 0.2) is 83.4 Å². The molecule has 1 aliphatic heterocycles. The van der Waals surface area contributed by atoms with Crippen LogP contribution in [0.5, 0.6) is 11.5 Å². The number of nitrogens with zero attached hydrogens (tertiary/aromatic N) is 5. The highest BCUT2D eigenvalue weighted by Crippen LogP contribution is 2.46. The molecule has 0 bridgehead atoms. The maximum absolute atomic E-state index is 12.7. The average molecular weight is 779 g/mol. The van der Waals surface area contributed by atoms with Crippen molar-refractivity contribution < 1.29 is 39.0 Å². The van der Waals surface area contributed by atoms with Gasteiger partial charge in [0, 0.05) is 43.2 Å². The first kappa shape index (κ1) is 40.7. The largest absolute Gasteiger partial charge is 0.488 e. The van der Waals surface area contributed by atoms with Crippen molar-refractivity contribution in [3.05, 3.63) is 129 Å². The lowest BCUT2D eigenvalue weighted by molar-refractivity contribution is -0.386. The molecule has 0 saturated carbocycles. The number of hydrogen-bond donors (Lipinski definition) is 4. The predicted octanol–water partition coefficient (Wildman–Crippen LogP) is 5.22. The molecule has 1 aliphatic carbocycles. The summed E-state index contributed by atoms with van der Waals surface area (Å²) >= 11 is 0. The lowest BCUT2D eigenvalue weighted by Gasteiger charge is -2.37. The summed E-state index contributed by atoms with van der Waals surface area (Å²) in [6.45, 7) is 6.79. The number of ether oxygens (including phenoxy) is 2. The van der Waals surface area contributed by atoms with E-state index in [1.54, 1.807) is 24.3 Å². The Kier molecular flexibility index (Phi) is 12.8. The second kappa shape index (κ2) is 17.9. The Morgan fingerprint density at radius 2 is 1.93 bits per heavy atom. The van der Waals surface area contributed by atoms with Crippen LogP contribution in [0.25, 0.3) is 5.57 Å². The van der Waals surface area contributed by atoms with E-state index >= 15 is 0 Å². The molecule has 1 fully saturated rings. The standard InChI is InChI=1S/C42H46N6O9/c1-26-8-4-5-11-33(26)34-12-7-15-42(27(34)2,41-45-38(46-57-41)23-47-16-13-32(50)14-17-47)25-56-37-20-36(55-24-30-10-6-9-29(18-30)21-43)31(19-35(37)48(53)54)22-44-39(28(3)49)40(51)52/h4-12,15,18-20,27-28,32,39,44,49-50H,13-14,16-17,22-25H2,1-3H3,(H,51,52). The van der Waals surface area contributed by atoms with Crippen molar-refractivity contribution in [2.24, 2.45) is 5.92 Å². The number of nitriles is 1. The molecule has 6 rings (SSSR count). The fourth-order valence-corrected chi connectivity index (χ4v) is 7.28. The van der Waals surface area contributed by atoms with Gasteiger partial charge in [-0.05, 0) is 61.1 Å². The number of aliphatic hydroxyl groups excluding tert-OH is 2. The van der Waals surface area contributed by atoms with Crippen LogP contribution in [-0.4, -0.2) is 79.2 Å². The van der Waals surface area contributed by atoms with Gasteiger partial charge in [0.15, 0.2) is 5.82 Å². The Bertz CT molecular complexity index is 2190. The van der Waals surface area contributed by atoms with E-state index in [9.17, 15) is 35.5 Å². The second-order valence-electron chi connectivity index (χ2n) is 14.6. The van der Waals surface area contributed by atoms with Gasteiger partial charge in [0.25, 0.3) is 0 Å². The van der Waals surface area contributed by atoms with Crippen LogP contribution >= 0.6 is 0 Å². The Morgan fingerprint density at radius 1 is 1.16 bits per heavy atom. The number of nitro benzene ring substituents is 1. The molecule has 57 heavy (non-hydrogen) atoms. The molecule has 4 atom stereocenters. The quantitative estimate of drug-likeness (QED) is 0.0847. The van der Waals surface area contributed by atoms with Gasteiger partial charge in [-0.25, -0.2) is 0 Å². The Morgan fingerprint density at radius 3 is 2.63 bits per heavy atom. The van der Waals surface area contributed by atoms with Crippen molar-refractivity contribution in [1.29, 1.82) is 5.26 Å². The Labute approximate surface area is 330 Å². The van der Waals surface area contributed by atoms with Crippen LogP contribution in [0.2, 0.25) is 0 Å². The van der Waals surface area contributed by atoms with Crippen molar-refractivity contribution in [2.45, 2.75) is 77.0 Å². The molecule has 0 radical (unpaired) electrons. The lowest BCUT2D eigenvalue weighted by atomic mass is 9.68. The van der Waals surface area contributed by atoms with E-state index < -0.39 is 34.1 Å². The van der Waals surface area contributed by atoms with Crippen molar-refractivity contribution in [2.75, 3.05) is 19.7 Å². The first-order chi connectivity index (χ1) is 27.4. The maximum atomic E-state index is 12.7. The minimum Gasteiger partial charge on any atom is -0.488 e. The summed E-state index contributed by atoms with van der Waals surface area (Å²) in [5.74, 6) is -0.840. The topological polar surface area (TPSA) is 217 Å².